The lowest BCUT2D eigenvalue weighted by Crippen LogP contribution is -2.48. The zero-order chi connectivity index (χ0) is 25.7. The third-order valence-corrected chi connectivity index (χ3v) is 7.73. The summed E-state index contributed by atoms with van der Waals surface area (Å²) in [4.78, 5) is 19.8. The van der Waals surface area contributed by atoms with Gasteiger partial charge in [0, 0.05) is 37.2 Å². The van der Waals surface area contributed by atoms with Crippen molar-refractivity contribution in [1.82, 2.24) is 14.5 Å². The molecule has 1 aromatic heterocycles. The minimum absolute atomic E-state index is 0.0579. The summed E-state index contributed by atoms with van der Waals surface area (Å²) in [5, 5.41) is 8.97. The van der Waals surface area contributed by atoms with Gasteiger partial charge in [0.05, 0.1) is 40.8 Å². The molecule has 2 saturated carbocycles. The molecule has 10 heteroatoms. The molecule has 2 aliphatic heterocycles. The second-order valence-electron chi connectivity index (χ2n) is 10.6. The molecule has 6 rings (SSSR count). The molecular weight excluding hydrogens is 483 g/mol. The van der Waals surface area contributed by atoms with Crippen LogP contribution in [-0.4, -0.2) is 56.6 Å². The first kappa shape index (κ1) is 24.3. The van der Waals surface area contributed by atoms with Crippen LogP contribution < -0.4 is 0 Å². The van der Waals surface area contributed by atoms with Gasteiger partial charge in [-0.05, 0) is 69.6 Å². The molecule has 3 heterocycles. The molecule has 0 radical (unpaired) electrons. The summed E-state index contributed by atoms with van der Waals surface area (Å²) >= 11 is 0. The number of hydrogen-bond acceptors (Lipinski definition) is 5. The molecule has 1 amide bonds. The van der Waals surface area contributed by atoms with E-state index in [-0.39, 0.29) is 29.7 Å². The molecular formula is C27H30F3N5O2. The van der Waals surface area contributed by atoms with Crippen molar-refractivity contribution < 1.29 is 22.7 Å². The number of halogens is 3. The number of ether oxygens (including phenoxy) is 1. The zero-order valence-corrected chi connectivity index (χ0v) is 20.7. The van der Waals surface area contributed by atoms with E-state index in [1.165, 1.54) is 25.0 Å². The van der Waals surface area contributed by atoms with E-state index in [2.05, 4.69) is 19.8 Å². The van der Waals surface area contributed by atoms with Crippen molar-refractivity contribution in [2.45, 2.75) is 82.8 Å². The maximum Gasteiger partial charge on any atom is 0.416 e. The molecule has 3 fully saturated rings. The van der Waals surface area contributed by atoms with Gasteiger partial charge in [-0.1, -0.05) is 6.07 Å². The number of amides is 1. The van der Waals surface area contributed by atoms with Gasteiger partial charge in [0.1, 0.15) is 0 Å². The number of carbonyl (C=O) groups excluding carboxylic acids is 1. The van der Waals surface area contributed by atoms with Gasteiger partial charge in [0.2, 0.25) is 0 Å². The number of benzene rings is 1. The SMILES string of the molecule is Cc1ncn(CC2CC2)c1C1=NN=C([C@@H]2C[C@H](N(C(=O)c3cccc(C(F)(F)F)c3)C3CC3)CCO2)C1. The summed E-state index contributed by atoms with van der Waals surface area (Å²) in [5.41, 5.74) is 2.95. The molecule has 1 saturated heterocycles. The van der Waals surface area contributed by atoms with Crippen LogP contribution >= 0.6 is 0 Å². The molecule has 4 aliphatic rings. The number of carbonyl (C=O) groups is 1. The summed E-state index contributed by atoms with van der Waals surface area (Å²) in [6, 6.07) is 4.66. The highest BCUT2D eigenvalue weighted by Crippen LogP contribution is 2.36. The van der Waals surface area contributed by atoms with E-state index in [4.69, 9.17) is 4.74 Å². The van der Waals surface area contributed by atoms with Gasteiger partial charge in [0.15, 0.2) is 0 Å². The number of rotatable bonds is 7. The first-order valence-corrected chi connectivity index (χ1v) is 13.0. The van der Waals surface area contributed by atoms with Crippen molar-refractivity contribution in [3.8, 4) is 0 Å². The van der Waals surface area contributed by atoms with Gasteiger partial charge >= 0.3 is 6.18 Å². The maximum atomic E-state index is 13.5. The highest BCUT2D eigenvalue weighted by Gasteiger charge is 2.42. The van der Waals surface area contributed by atoms with Crippen LogP contribution in [0.25, 0.3) is 0 Å². The van der Waals surface area contributed by atoms with E-state index in [0.717, 1.165) is 54.3 Å². The average Bonchev–Trinajstić information content (AvgIpc) is 3.80. The predicted octanol–water partition coefficient (Wildman–Crippen LogP) is 5.02. The number of nitrogens with zero attached hydrogens (tertiary/aromatic N) is 5. The molecule has 0 unspecified atom stereocenters. The summed E-state index contributed by atoms with van der Waals surface area (Å²) in [6.45, 7) is 3.39. The normalized spacial score (nSPS) is 24.1. The monoisotopic (exact) mass is 513 g/mol. The molecule has 1 aromatic carbocycles. The molecule has 7 nitrogen and oxygen atoms in total. The fraction of sp³-hybridized carbons (Fsp3) is 0.556. The summed E-state index contributed by atoms with van der Waals surface area (Å²) in [6.07, 6.45) is 3.11. The first-order chi connectivity index (χ1) is 17.8. The third kappa shape index (κ3) is 5.08. The van der Waals surface area contributed by atoms with E-state index in [0.29, 0.717) is 31.8 Å². The Morgan fingerprint density at radius 1 is 1.14 bits per heavy atom. The molecule has 37 heavy (non-hydrogen) atoms. The van der Waals surface area contributed by atoms with Crippen LogP contribution in [0, 0.1) is 12.8 Å². The lowest BCUT2D eigenvalue weighted by Gasteiger charge is -2.38. The Balaban J connectivity index is 1.16. The molecule has 0 N–H and O–H groups in total. The highest BCUT2D eigenvalue weighted by molar-refractivity contribution is 6.16. The van der Waals surface area contributed by atoms with E-state index in [1.54, 1.807) is 4.90 Å². The Morgan fingerprint density at radius 2 is 1.95 bits per heavy atom. The van der Waals surface area contributed by atoms with Crippen LogP contribution in [0.15, 0.2) is 40.8 Å². The van der Waals surface area contributed by atoms with Crippen LogP contribution in [0.4, 0.5) is 13.2 Å². The number of hydrogen-bond donors (Lipinski definition) is 0. The maximum absolute atomic E-state index is 13.5. The molecule has 2 aromatic rings. The predicted molar refractivity (Wildman–Crippen MR) is 132 cm³/mol. The second-order valence-corrected chi connectivity index (χ2v) is 10.6. The van der Waals surface area contributed by atoms with Crippen molar-refractivity contribution in [2.75, 3.05) is 6.61 Å². The van der Waals surface area contributed by atoms with Gasteiger partial charge in [-0.3, -0.25) is 4.79 Å². The Bertz CT molecular complexity index is 1260. The Labute approximate surface area is 213 Å². The molecule has 0 bridgehead atoms. The van der Waals surface area contributed by atoms with Crippen LogP contribution in [-0.2, 0) is 17.5 Å². The quantitative estimate of drug-likeness (QED) is 0.522. The zero-order valence-electron chi connectivity index (χ0n) is 20.7. The molecule has 2 atom stereocenters. The summed E-state index contributed by atoms with van der Waals surface area (Å²) < 4.78 is 48.0. The molecule has 0 spiro atoms. The van der Waals surface area contributed by atoms with E-state index in [1.807, 2.05) is 13.3 Å². The minimum atomic E-state index is -4.49. The summed E-state index contributed by atoms with van der Waals surface area (Å²) in [7, 11) is 0. The van der Waals surface area contributed by atoms with Gasteiger partial charge in [-0.2, -0.15) is 23.4 Å². The van der Waals surface area contributed by atoms with Crippen LogP contribution in [0.2, 0.25) is 0 Å². The standard InChI is InChI=1S/C27H30F3N5O2/c1-16-25(34(15-31-16)14-17-5-6-17)23-13-22(32-33-23)24-12-21(9-10-37-24)35(20-7-8-20)26(36)18-3-2-4-19(11-18)27(28,29)30/h2-4,11,15,17,20-21,24H,5-10,12-14H2,1H3/t21-,24+/m1/s1. The lowest BCUT2D eigenvalue weighted by atomic mass is 9.94. The topological polar surface area (TPSA) is 72.1 Å². The van der Waals surface area contributed by atoms with Crippen molar-refractivity contribution in [2.24, 2.45) is 16.1 Å². The van der Waals surface area contributed by atoms with Gasteiger partial charge in [0.25, 0.3) is 5.91 Å². The smallest absolute Gasteiger partial charge is 0.372 e. The van der Waals surface area contributed by atoms with Crippen molar-refractivity contribution >= 4 is 17.3 Å². The molecule has 2 aliphatic carbocycles. The van der Waals surface area contributed by atoms with E-state index >= 15 is 0 Å². The van der Waals surface area contributed by atoms with E-state index < -0.39 is 11.7 Å². The fourth-order valence-electron chi connectivity index (χ4n) is 5.48. The highest BCUT2D eigenvalue weighted by atomic mass is 19.4. The number of alkyl halides is 3. The largest absolute Gasteiger partial charge is 0.416 e. The van der Waals surface area contributed by atoms with Crippen LogP contribution in [0.3, 0.4) is 0 Å². The van der Waals surface area contributed by atoms with Gasteiger partial charge < -0.3 is 14.2 Å². The third-order valence-electron chi connectivity index (χ3n) is 7.73. The van der Waals surface area contributed by atoms with Gasteiger partial charge in [-0.25, -0.2) is 4.98 Å². The van der Waals surface area contributed by atoms with Gasteiger partial charge in [-0.15, -0.1) is 0 Å². The lowest BCUT2D eigenvalue weighted by molar-refractivity contribution is -0.137. The van der Waals surface area contributed by atoms with Crippen molar-refractivity contribution in [3.05, 3.63) is 53.1 Å². The Kier molecular flexibility index (Phi) is 6.17. The number of imidazole rings is 1. The van der Waals surface area contributed by atoms with Crippen molar-refractivity contribution in [1.29, 1.82) is 0 Å². The fourth-order valence-corrected chi connectivity index (χ4v) is 5.48. The first-order valence-electron chi connectivity index (χ1n) is 13.0. The number of aromatic nitrogens is 2. The second kappa shape index (κ2) is 9.38. The Hall–Kier alpha value is -3.01. The van der Waals surface area contributed by atoms with Crippen molar-refractivity contribution in [3.63, 3.8) is 0 Å². The summed E-state index contributed by atoms with van der Waals surface area (Å²) in [5.74, 6) is 0.365. The van der Waals surface area contributed by atoms with Crippen LogP contribution in [0.5, 0.6) is 0 Å². The Morgan fingerprint density at radius 3 is 2.68 bits per heavy atom. The van der Waals surface area contributed by atoms with E-state index in [9.17, 15) is 18.0 Å². The molecule has 196 valence electrons. The minimum Gasteiger partial charge on any atom is -0.372 e. The average molecular weight is 514 g/mol. The van der Waals surface area contributed by atoms with Crippen LogP contribution in [0.1, 0.15) is 72.3 Å². The number of aryl methyl sites for hydroxylation is 1.